The highest BCUT2D eigenvalue weighted by Crippen LogP contribution is 2.49. The Bertz CT molecular complexity index is 463. The summed E-state index contributed by atoms with van der Waals surface area (Å²) in [6.07, 6.45) is -0.547. The van der Waals surface area contributed by atoms with E-state index in [1.165, 1.54) is 11.1 Å². The predicted molar refractivity (Wildman–Crippen MR) is 68.1 cm³/mol. The van der Waals surface area contributed by atoms with Gasteiger partial charge in [0.15, 0.2) is 0 Å². The SMILES string of the molecule is FC(F)(F)C1(NCC2CCCc3ccccc32)CC1. The smallest absolute Gasteiger partial charge is 0.303 e. The molecular weight excluding hydrogens is 251 g/mol. The van der Waals surface area contributed by atoms with Gasteiger partial charge in [-0.3, -0.25) is 0 Å². The van der Waals surface area contributed by atoms with Crippen LogP contribution in [0.5, 0.6) is 0 Å². The van der Waals surface area contributed by atoms with Crippen molar-refractivity contribution in [1.82, 2.24) is 5.32 Å². The molecule has 1 N–H and O–H groups in total. The average molecular weight is 269 g/mol. The van der Waals surface area contributed by atoms with Crippen LogP contribution >= 0.6 is 0 Å². The normalized spacial score (nSPS) is 24.9. The Morgan fingerprint density at radius 1 is 1.21 bits per heavy atom. The molecule has 1 aromatic rings. The predicted octanol–water partition coefficient (Wildman–Crippen LogP) is 3.79. The van der Waals surface area contributed by atoms with Crippen LogP contribution in [0, 0.1) is 0 Å². The summed E-state index contributed by atoms with van der Waals surface area (Å²) >= 11 is 0. The van der Waals surface area contributed by atoms with Gasteiger partial charge in [-0.15, -0.1) is 0 Å². The molecule has 1 atom stereocenters. The summed E-state index contributed by atoms with van der Waals surface area (Å²) < 4.78 is 38.7. The zero-order valence-electron chi connectivity index (χ0n) is 10.8. The highest BCUT2D eigenvalue weighted by molar-refractivity contribution is 5.33. The number of halogens is 3. The van der Waals surface area contributed by atoms with Crippen molar-refractivity contribution < 1.29 is 13.2 Å². The number of rotatable bonds is 3. The van der Waals surface area contributed by atoms with Crippen LogP contribution in [0.25, 0.3) is 0 Å². The molecular formula is C15H18F3N. The standard InChI is InChI=1S/C15H18F3N/c16-15(17,18)14(8-9-14)19-10-12-6-3-5-11-4-1-2-7-13(11)12/h1-2,4,7,12,19H,3,5-6,8-10H2. The number of hydrogen-bond donors (Lipinski definition) is 1. The monoisotopic (exact) mass is 269 g/mol. The lowest BCUT2D eigenvalue weighted by atomic mass is 9.82. The van der Waals surface area contributed by atoms with Crippen LogP contribution in [-0.4, -0.2) is 18.3 Å². The van der Waals surface area contributed by atoms with E-state index in [2.05, 4.69) is 17.4 Å². The number of benzene rings is 1. The molecule has 19 heavy (non-hydrogen) atoms. The van der Waals surface area contributed by atoms with Crippen LogP contribution in [0.1, 0.15) is 42.7 Å². The molecule has 2 aliphatic rings. The molecule has 2 aliphatic carbocycles. The van der Waals surface area contributed by atoms with Crippen LogP contribution in [-0.2, 0) is 6.42 Å². The lowest BCUT2D eigenvalue weighted by Crippen LogP contribution is -2.46. The van der Waals surface area contributed by atoms with Gasteiger partial charge in [-0.1, -0.05) is 24.3 Å². The molecule has 0 radical (unpaired) electrons. The second kappa shape index (κ2) is 4.51. The van der Waals surface area contributed by atoms with Crippen LogP contribution in [0.15, 0.2) is 24.3 Å². The summed E-state index contributed by atoms with van der Waals surface area (Å²) in [4.78, 5) is 0. The maximum atomic E-state index is 12.9. The largest absolute Gasteiger partial charge is 0.406 e. The average Bonchev–Trinajstić information content (AvgIpc) is 3.17. The highest BCUT2D eigenvalue weighted by atomic mass is 19.4. The van der Waals surface area contributed by atoms with Crippen LogP contribution in [0.2, 0.25) is 0 Å². The van der Waals surface area contributed by atoms with Gasteiger partial charge in [-0.2, -0.15) is 13.2 Å². The van der Waals surface area contributed by atoms with E-state index in [-0.39, 0.29) is 18.8 Å². The summed E-state index contributed by atoms with van der Waals surface area (Å²) in [6, 6.07) is 8.15. The Morgan fingerprint density at radius 2 is 1.95 bits per heavy atom. The van der Waals surface area contributed by atoms with E-state index in [9.17, 15) is 13.2 Å². The van der Waals surface area contributed by atoms with Crippen molar-refractivity contribution in [2.24, 2.45) is 0 Å². The maximum Gasteiger partial charge on any atom is 0.406 e. The molecule has 0 saturated heterocycles. The summed E-state index contributed by atoms with van der Waals surface area (Å²) in [6.45, 7) is 0.441. The van der Waals surface area contributed by atoms with Crippen molar-refractivity contribution in [3.05, 3.63) is 35.4 Å². The molecule has 1 aromatic carbocycles. The van der Waals surface area contributed by atoms with E-state index >= 15 is 0 Å². The zero-order valence-corrected chi connectivity index (χ0v) is 10.8. The summed E-state index contributed by atoms with van der Waals surface area (Å²) in [5.41, 5.74) is 0.955. The minimum Gasteiger partial charge on any atom is -0.303 e. The fourth-order valence-corrected chi connectivity index (χ4v) is 3.07. The molecule has 104 valence electrons. The van der Waals surface area contributed by atoms with Crippen molar-refractivity contribution in [2.45, 2.75) is 49.7 Å². The lowest BCUT2D eigenvalue weighted by Gasteiger charge is -2.29. The molecule has 3 rings (SSSR count). The first-order valence-electron chi connectivity index (χ1n) is 6.91. The van der Waals surface area contributed by atoms with Gasteiger partial charge in [0, 0.05) is 6.54 Å². The Morgan fingerprint density at radius 3 is 2.63 bits per heavy atom. The van der Waals surface area contributed by atoms with Crippen molar-refractivity contribution >= 4 is 0 Å². The topological polar surface area (TPSA) is 12.0 Å². The molecule has 4 heteroatoms. The van der Waals surface area contributed by atoms with Gasteiger partial charge in [0.1, 0.15) is 5.54 Å². The summed E-state index contributed by atoms with van der Waals surface area (Å²) in [5.74, 6) is 0.227. The molecule has 0 heterocycles. The van der Waals surface area contributed by atoms with E-state index in [0.717, 1.165) is 19.3 Å². The molecule has 1 saturated carbocycles. The van der Waals surface area contributed by atoms with E-state index in [4.69, 9.17) is 0 Å². The minimum absolute atomic E-state index is 0.227. The van der Waals surface area contributed by atoms with Crippen LogP contribution < -0.4 is 5.32 Å². The van der Waals surface area contributed by atoms with Crippen molar-refractivity contribution in [3.63, 3.8) is 0 Å². The molecule has 0 aliphatic heterocycles. The zero-order chi connectivity index (χ0) is 13.5. The number of nitrogens with one attached hydrogen (secondary N) is 1. The molecule has 1 unspecified atom stereocenters. The fourth-order valence-electron chi connectivity index (χ4n) is 3.07. The van der Waals surface area contributed by atoms with E-state index < -0.39 is 11.7 Å². The van der Waals surface area contributed by atoms with Crippen molar-refractivity contribution in [3.8, 4) is 0 Å². The van der Waals surface area contributed by atoms with E-state index in [1.807, 2.05) is 12.1 Å². The summed E-state index contributed by atoms with van der Waals surface area (Å²) in [5, 5.41) is 2.80. The van der Waals surface area contributed by atoms with Gasteiger partial charge < -0.3 is 5.32 Å². The third kappa shape index (κ3) is 2.38. The maximum absolute atomic E-state index is 12.9. The quantitative estimate of drug-likeness (QED) is 0.880. The molecule has 0 bridgehead atoms. The number of aryl methyl sites for hydroxylation is 1. The second-order valence-electron chi connectivity index (χ2n) is 5.75. The van der Waals surface area contributed by atoms with Crippen LogP contribution in [0.3, 0.4) is 0 Å². The lowest BCUT2D eigenvalue weighted by molar-refractivity contribution is -0.166. The second-order valence-corrected chi connectivity index (χ2v) is 5.75. The van der Waals surface area contributed by atoms with Gasteiger partial charge in [0.25, 0.3) is 0 Å². The van der Waals surface area contributed by atoms with Gasteiger partial charge >= 0.3 is 6.18 Å². The fraction of sp³-hybridized carbons (Fsp3) is 0.600. The third-order valence-electron chi connectivity index (χ3n) is 4.47. The molecule has 1 nitrogen and oxygen atoms in total. The summed E-state index contributed by atoms with van der Waals surface area (Å²) in [7, 11) is 0. The number of fused-ring (bicyclic) bond motifs is 1. The Balaban J connectivity index is 1.69. The molecule has 0 aromatic heterocycles. The Labute approximate surface area is 111 Å². The van der Waals surface area contributed by atoms with Crippen molar-refractivity contribution in [2.75, 3.05) is 6.54 Å². The molecule has 0 spiro atoms. The van der Waals surface area contributed by atoms with Gasteiger partial charge in [0.2, 0.25) is 0 Å². The Kier molecular flexibility index (Phi) is 3.08. The number of alkyl halides is 3. The highest BCUT2D eigenvalue weighted by Gasteiger charge is 2.63. The first kappa shape index (κ1) is 13.0. The van der Waals surface area contributed by atoms with Crippen LogP contribution in [0.4, 0.5) is 13.2 Å². The van der Waals surface area contributed by atoms with E-state index in [0.29, 0.717) is 6.54 Å². The molecule has 1 fully saturated rings. The first-order chi connectivity index (χ1) is 9.02. The van der Waals surface area contributed by atoms with E-state index in [1.54, 1.807) is 0 Å². The molecule has 0 amide bonds. The first-order valence-corrected chi connectivity index (χ1v) is 6.91. The van der Waals surface area contributed by atoms with Crippen molar-refractivity contribution in [1.29, 1.82) is 0 Å². The third-order valence-corrected chi connectivity index (χ3v) is 4.47. The Hall–Kier alpha value is -1.03. The van der Waals surface area contributed by atoms with Gasteiger partial charge in [-0.25, -0.2) is 0 Å². The van der Waals surface area contributed by atoms with Gasteiger partial charge in [0.05, 0.1) is 0 Å². The van der Waals surface area contributed by atoms with Gasteiger partial charge in [-0.05, 0) is 49.1 Å². The minimum atomic E-state index is -4.11. The number of hydrogen-bond acceptors (Lipinski definition) is 1.